The number of aromatic nitrogens is 1. The normalized spacial score (nSPS) is 10.9. The van der Waals surface area contributed by atoms with Crippen molar-refractivity contribution in [2.75, 3.05) is 18.6 Å². The Balaban J connectivity index is 2.37. The molecule has 2 rings (SSSR count). The van der Waals surface area contributed by atoms with Gasteiger partial charge in [-0.05, 0) is 26.3 Å². The third kappa shape index (κ3) is 6.65. The SMILES string of the molecule is CC(C)(C)OC(=O)Nn1ccc(=O)c(OCc2ccccc2)c1C(=O)NCCO. The lowest BCUT2D eigenvalue weighted by Gasteiger charge is -2.22. The molecule has 1 aromatic carbocycles. The van der Waals surface area contributed by atoms with E-state index in [-0.39, 0.29) is 31.2 Å². The van der Waals surface area contributed by atoms with Crippen LogP contribution in [0.5, 0.6) is 5.75 Å². The third-order valence-electron chi connectivity index (χ3n) is 3.50. The van der Waals surface area contributed by atoms with Crippen LogP contribution in [0.15, 0.2) is 47.4 Å². The second kappa shape index (κ2) is 9.74. The van der Waals surface area contributed by atoms with Crippen LogP contribution >= 0.6 is 0 Å². The molecule has 29 heavy (non-hydrogen) atoms. The van der Waals surface area contributed by atoms with Crippen molar-refractivity contribution in [3.63, 3.8) is 0 Å². The minimum Gasteiger partial charge on any atom is -0.482 e. The highest BCUT2D eigenvalue weighted by atomic mass is 16.6. The second-order valence-corrected chi connectivity index (χ2v) is 7.10. The smallest absolute Gasteiger partial charge is 0.426 e. The van der Waals surface area contributed by atoms with Crippen LogP contribution < -0.4 is 20.9 Å². The van der Waals surface area contributed by atoms with Gasteiger partial charge in [-0.2, -0.15) is 0 Å². The highest BCUT2D eigenvalue weighted by Gasteiger charge is 2.23. The average molecular weight is 403 g/mol. The van der Waals surface area contributed by atoms with E-state index in [0.717, 1.165) is 10.2 Å². The van der Waals surface area contributed by atoms with Gasteiger partial charge in [-0.15, -0.1) is 0 Å². The number of carbonyl (C=O) groups excluding carboxylic acids is 2. The maximum absolute atomic E-state index is 12.6. The molecule has 156 valence electrons. The van der Waals surface area contributed by atoms with Gasteiger partial charge in [0.25, 0.3) is 5.91 Å². The molecule has 3 N–H and O–H groups in total. The largest absolute Gasteiger partial charge is 0.482 e. The van der Waals surface area contributed by atoms with Gasteiger partial charge in [0.15, 0.2) is 11.4 Å². The van der Waals surface area contributed by atoms with Crippen LogP contribution in [-0.2, 0) is 11.3 Å². The number of aliphatic hydroxyl groups is 1. The van der Waals surface area contributed by atoms with Crippen molar-refractivity contribution in [1.82, 2.24) is 9.99 Å². The summed E-state index contributed by atoms with van der Waals surface area (Å²) in [4.78, 5) is 37.2. The zero-order valence-electron chi connectivity index (χ0n) is 16.6. The number of ether oxygens (including phenoxy) is 2. The minimum absolute atomic E-state index is 0.0352. The molecule has 9 nitrogen and oxygen atoms in total. The average Bonchev–Trinajstić information content (AvgIpc) is 2.65. The van der Waals surface area contributed by atoms with Crippen molar-refractivity contribution in [3.8, 4) is 5.75 Å². The summed E-state index contributed by atoms with van der Waals surface area (Å²) in [5.41, 5.74) is 1.70. The number of hydrogen-bond donors (Lipinski definition) is 3. The maximum atomic E-state index is 12.6. The summed E-state index contributed by atoms with van der Waals surface area (Å²) in [5, 5.41) is 11.4. The molecule has 1 aromatic heterocycles. The van der Waals surface area contributed by atoms with Gasteiger partial charge in [0.1, 0.15) is 12.2 Å². The van der Waals surface area contributed by atoms with Gasteiger partial charge >= 0.3 is 6.09 Å². The van der Waals surface area contributed by atoms with Gasteiger partial charge in [0.2, 0.25) is 5.43 Å². The standard InChI is InChI=1S/C20H25N3O6/c1-20(2,3)29-19(27)22-23-11-9-15(25)17(16(23)18(26)21-10-12-24)28-13-14-7-5-4-6-8-14/h4-9,11,24H,10,12-13H2,1-3H3,(H,21,26)(H,22,27). The number of carbonyl (C=O) groups is 2. The topological polar surface area (TPSA) is 119 Å². The van der Waals surface area contributed by atoms with Gasteiger partial charge in [-0.3, -0.25) is 9.59 Å². The van der Waals surface area contributed by atoms with Gasteiger partial charge < -0.3 is 19.9 Å². The Hall–Kier alpha value is -3.33. The van der Waals surface area contributed by atoms with E-state index in [1.54, 1.807) is 20.8 Å². The van der Waals surface area contributed by atoms with Crippen LogP contribution in [0.4, 0.5) is 4.79 Å². The van der Waals surface area contributed by atoms with Gasteiger partial charge in [-0.1, -0.05) is 30.3 Å². The molecule has 2 amide bonds. The molecule has 2 aromatic rings. The number of hydrogen-bond acceptors (Lipinski definition) is 6. The van der Waals surface area contributed by atoms with Crippen LogP contribution in [0.3, 0.4) is 0 Å². The summed E-state index contributed by atoms with van der Waals surface area (Å²) in [5.74, 6) is -0.932. The molecule has 0 fully saturated rings. The number of benzene rings is 1. The summed E-state index contributed by atoms with van der Waals surface area (Å²) in [6, 6.07) is 10.3. The molecule has 0 aliphatic rings. The predicted octanol–water partition coefficient (Wildman–Crippen LogP) is 1.63. The van der Waals surface area contributed by atoms with E-state index in [0.29, 0.717) is 0 Å². The molecular formula is C20H25N3O6. The number of nitrogens with zero attached hydrogens (tertiary/aromatic N) is 1. The van der Waals surface area contributed by atoms with Crippen LogP contribution in [-0.4, -0.2) is 40.5 Å². The molecule has 0 saturated heterocycles. The van der Waals surface area contributed by atoms with Crippen LogP contribution in [0.2, 0.25) is 0 Å². The Kier molecular flexibility index (Phi) is 7.38. The first-order chi connectivity index (χ1) is 13.7. The highest BCUT2D eigenvalue weighted by molar-refractivity contribution is 5.96. The number of rotatable bonds is 7. The molecule has 0 saturated carbocycles. The first-order valence-corrected chi connectivity index (χ1v) is 9.02. The quantitative estimate of drug-likeness (QED) is 0.647. The molecule has 0 unspecified atom stereocenters. The highest BCUT2D eigenvalue weighted by Crippen LogP contribution is 2.15. The zero-order chi connectivity index (χ0) is 21.4. The van der Waals surface area contributed by atoms with E-state index in [1.807, 2.05) is 30.3 Å². The molecule has 0 spiro atoms. The summed E-state index contributed by atoms with van der Waals surface area (Å²) in [7, 11) is 0. The van der Waals surface area contributed by atoms with E-state index >= 15 is 0 Å². The Morgan fingerprint density at radius 3 is 2.45 bits per heavy atom. The predicted molar refractivity (Wildman–Crippen MR) is 106 cm³/mol. The number of aliphatic hydroxyl groups excluding tert-OH is 1. The van der Waals surface area contributed by atoms with Gasteiger partial charge in [0, 0.05) is 18.8 Å². The number of amides is 2. The fourth-order valence-corrected chi connectivity index (χ4v) is 2.35. The molecule has 1 heterocycles. The summed E-state index contributed by atoms with van der Waals surface area (Å²) >= 11 is 0. The van der Waals surface area contributed by atoms with Crippen LogP contribution in [0.25, 0.3) is 0 Å². The van der Waals surface area contributed by atoms with E-state index in [2.05, 4.69) is 10.7 Å². The Labute approximate surface area is 168 Å². The van der Waals surface area contributed by atoms with E-state index in [4.69, 9.17) is 14.6 Å². The lowest BCUT2D eigenvalue weighted by atomic mass is 10.2. The maximum Gasteiger partial charge on any atom is 0.426 e. The van der Waals surface area contributed by atoms with Crippen molar-refractivity contribution >= 4 is 12.0 Å². The van der Waals surface area contributed by atoms with Crippen LogP contribution in [0, 0.1) is 0 Å². The number of pyridine rings is 1. The van der Waals surface area contributed by atoms with Gasteiger partial charge in [0.05, 0.1) is 6.61 Å². The Morgan fingerprint density at radius 1 is 1.14 bits per heavy atom. The summed E-state index contributed by atoms with van der Waals surface area (Å²) < 4.78 is 11.9. The first kappa shape index (κ1) is 22.0. The van der Waals surface area contributed by atoms with Crippen molar-refractivity contribution in [1.29, 1.82) is 0 Å². The molecular weight excluding hydrogens is 378 g/mol. The minimum atomic E-state index is -0.814. The lowest BCUT2D eigenvalue weighted by Crippen LogP contribution is -2.37. The Morgan fingerprint density at radius 2 is 1.83 bits per heavy atom. The molecule has 0 atom stereocenters. The zero-order valence-corrected chi connectivity index (χ0v) is 16.6. The van der Waals surface area contributed by atoms with E-state index < -0.39 is 23.0 Å². The first-order valence-electron chi connectivity index (χ1n) is 9.02. The van der Waals surface area contributed by atoms with Crippen LogP contribution in [0.1, 0.15) is 36.8 Å². The fourth-order valence-electron chi connectivity index (χ4n) is 2.35. The fraction of sp³-hybridized carbons (Fsp3) is 0.350. The molecule has 0 radical (unpaired) electrons. The Bertz CT molecular complexity index is 903. The monoisotopic (exact) mass is 403 g/mol. The van der Waals surface area contributed by atoms with E-state index in [1.165, 1.54) is 12.3 Å². The number of nitrogens with one attached hydrogen (secondary N) is 2. The summed E-state index contributed by atoms with van der Waals surface area (Å²) in [6.07, 6.45) is 0.418. The molecule has 0 aliphatic heterocycles. The second-order valence-electron chi connectivity index (χ2n) is 7.10. The van der Waals surface area contributed by atoms with Crippen molar-refractivity contribution in [2.45, 2.75) is 33.0 Å². The van der Waals surface area contributed by atoms with Crippen molar-refractivity contribution in [3.05, 3.63) is 64.1 Å². The molecule has 0 aliphatic carbocycles. The lowest BCUT2D eigenvalue weighted by molar-refractivity contribution is 0.0612. The molecule has 9 heteroatoms. The van der Waals surface area contributed by atoms with Gasteiger partial charge in [-0.25, -0.2) is 14.9 Å². The molecule has 0 bridgehead atoms. The van der Waals surface area contributed by atoms with Crippen molar-refractivity contribution < 1.29 is 24.2 Å². The third-order valence-corrected chi connectivity index (χ3v) is 3.50. The summed E-state index contributed by atoms with van der Waals surface area (Å²) in [6.45, 7) is 4.81. The van der Waals surface area contributed by atoms with Crippen molar-refractivity contribution in [2.24, 2.45) is 0 Å². The van der Waals surface area contributed by atoms with E-state index in [9.17, 15) is 14.4 Å².